The third kappa shape index (κ3) is 5.27. The molecule has 0 aliphatic carbocycles. The maximum Gasteiger partial charge on any atom is 0.291 e. The number of amidine groups is 1. The fraction of sp³-hybridized carbons (Fsp3) is 0.154. The highest BCUT2D eigenvalue weighted by atomic mass is 19.1. The predicted molar refractivity (Wildman–Crippen MR) is 126 cm³/mol. The van der Waals surface area contributed by atoms with Crippen LogP contribution in [0.5, 0.6) is 0 Å². The minimum Gasteiger partial charge on any atom is -0.327 e. The van der Waals surface area contributed by atoms with E-state index in [0.717, 1.165) is 11.1 Å². The molecule has 1 aliphatic heterocycles. The Bertz CT molecular complexity index is 1280. The lowest BCUT2D eigenvalue weighted by Crippen LogP contribution is -2.56. The Morgan fingerprint density at radius 3 is 2.47 bits per heavy atom. The van der Waals surface area contributed by atoms with E-state index in [2.05, 4.69) is 16.5 Å². The Labute approximate surface area is 196 Å². The first-order valence-corrected chi connectivity index (χ1v) is 10.7. The largest absolute Gasteiger partial charge is 0.327 e. The monoisotopic (exact) mass is 455 g/mol. The lowest BCUT2D eigenvalue weighted by atomic mass is 10.1. The van der Waals surface area contributed by atoms with Gasteiger partial charge in [-0.1, -0.05) is 42.0 Å². The van der Waals surface area contributed by atoms with Crippen molar-refractivity contribution in [3.8, 4) is 6.07 Å². The summed E-state index contributed by atoms with van der Waals surface area (Å²) in [6, 6.07) is 22.3. The first-order chi connectivity index (χ1) is 16.4. The van der Waals surface area contributed by atoms with Crippen LogP contribution in [0.25, 0.3) is 0 Å². The van der Waals surface area contributed by atoms with Crippen LogP contribution in [0.15, 0.2) is 77.8 Å². The van der Waals surface area contributed by atoms with Crippen molar-refractivity contribution in [3.05, 3.63) is 101 Å². The molecule has 0 unspecified atom stereocenters. The zero-order valence-electron chi connectivity index (χ0n) is 18.5. The molecule has 0 saturated heterocycles. The zero-order chi connectivity index (χ0) is 24.1. The highest BCUT2D eigenvalue weighted by molar-refractivity contribution is 6.39. The van der Waals surface area contributed by atoms with Crippen LogP contribution in [0.4, 0.5) is 10.1 Å². The van der Waals surface area contributed by atoms with Crippen LogP contribution < -0.4 is 10.4 Å². The Morgan fingerprint density at radius 2 is 1.79 bits per heavy atom. The molecule has 170 valence electrons. The van der Waals surface area contributed by atoms with Crippen molar-refractivity contribution in [1.29, 1.82) is 5.26 Å². The lowest BCUT2D eigenvalue weighted by Gasteiger charge is -2.30. The Hall–Kier alpha value is -4.51. The summed E-state index contributed by atoms with van der Waals surface area (Å²) in [5.74, 6) is -1.10. The molecule has 0 radical (unpaired) electrons. The number of aryl methyl sites for hydroxylation is 1. The van der Waals surface area contributed by atoms with E-state index in [4.69, 9.17) is 5.26 Å². The van der Waals surface area contributed by atoms with Crippen LogP contribution in [-0.2, 0) is 22.7 Å². The van der Waals surface area contributed by atoms with Crippen LogP contribution in [0, 0.1) is 24.1 Å². The number of rotatable bonds is 6. The molecule has 0 atom stereocenters. The minimum absolute atomic E-state index is 0.0187. The quantitative estimate of drug-likeness (QED) is 0.616. The van der Waals surface area contributed by atoms with Gasteiger partial charge in [-0.3, -0.25) is 20.0 Å². The van der Waals surface area contributed by atoms with E-state index in [1.807, 2.05) is 19.1 Å². The molecule has 34 heavy (non-hydrogen) atoms. The summed E-state index contributed by atoms with van der Waals surface area (Å²) >= 11 is 0. The summed E-state index contributed by atoms with van der Waals surface area (Å²) in [6.45, 7) is 2.11. The number of benzene rings is 3. The minimum atomic E-state index is -0.432. The Morgan fingerprint density at radius 1 is 1.09 bits per heavy atom. The fourth-order valence-electron chi connectivity index (χ4n) is 3.55. The number of carbonyl (C=O) groups excluding carboxylic acids is 2. The fourth-order valence-corrected chi connectivity index (χ4v) is 3.55. The van der Waals surface area contributed by atoms with Gasteiger partial charge in [-0.05, 0) is 54.4 Å². The molecular formula is C26H22FN5O2. The molecule has 0 aromatic heterocycles. The van der Waals surface area contributed by atoms with Crippen LogP contribution in [0.2, 0.25) is 0 Å². The molecular weight excluding hydrogens is 433 g/mol. The van der Waals surface area contributed by atoms with E-state index in [1.165, 1.54) is 22.0 Å². The van der Waals surface area contributed by atoms with Gasteiger partial charge in [-0.2, -0.15) is 5.26 Å². The summed E-state index contributed by atoms with van der Waals surface area (Å²) in [5, 5.41) is 10.3. The predicted octanol–water partition coefficient (Wildman–Crippen LogP) is 3.48. The molecule has 3 aromatic carbocycles. The van der Waals surface area contributed by atoms with Crippen molar-refractivity contribution in [2.75, 3.05) is 11.6 Å². The third-order valence-corrected chi connectivity index (χ3v) is 5.34. The number of hydrogen-bond acceptors (Lipinski definition) is 5. The van der Waals surface area contributed by atoms with Crippen molar-refractivity contribution < 1.29 is 14.0 Å². The second-order valence-corrected chi connectivity index (χ2v) is 7.94. The first-order valence-electron chi connectivity index (χ1n) is 10.7. The number of nitrogens with zero attached hydrogens (tertiary/aromatic N) is 4. The maximum absolute atomic E-state index is 13.8. The summed E-state index contributed by atoms with van der Waals surface area (Å²) in [6.07, 6.45) is 0. The summed E-state index contributed by atoms with van der Waals surface area (Å²) in [7, 11) is 0. The number of aliphatic imine (C=N–C) groups is 1. The molecule has 0 fully saturated rings. The van der Waals surface area contributed by atoms with Gasteiger partial charge < -0.3 is 4.90 Å². The van der Waals surface area contributed by atoms with Gasteiger partial charge in [0.25, 0.3) is 11.8 Å². The molecule has 1 heterocycles. The van der Waals surface area contributed by atoms with Gasteiger partial charge in [-0.15, -0.1) is 0 Å². The van der Waals surface area contributed by atoms with Gasteiger partial charge >= 0.3 is 0 Å². The number of halogens is 1. The van der Waals surface area contributed by atoms with Crippen LogP contribution in [-0.4, -0.2) is 29.1 Å². The summed E-state index contributed by atoms with van der Waals surface area (Å²) < 4.78 is 13.8. The van der Waals surface area contributed by atoms with E-state index < -0.39 is 11.7 Å². The second-order valence-electron chi connectivity index (χ2n) is 7.94. The van der Waals surface area contributed by atoms with Crippen LogP contribution in [0.1, 0.15) is 22.3 Å². The first kappa shape index (κ1) is 22.7. The Kier molecular flexibility index (Phi) is 6.64. The average molecular weight is 455 g/mol. The second kappa shape index (κ2) is 9.96. The SMILES string of the molecule is Cc1ccc(N2NC(C(=O)N(Cc3ccc(C#N)cc3)Cc3cccc(F)c3)=NCC2=O)cc1. The molecule has 0 bridgehead atoms. The molecule has 8 heteroatoms. The molecule has 4 rings (SSSR count). The molecule has 7 nitrogen and oxygen atoms in total. The summed E-state index contributed by atoms with van der Waals surface area (Å²) in [4.78, 5) is 31.6. The third-order valence-electron chi connectivity index (χ3n) is 5.34. The normalized spacial score (nSPS) is 13.0. The lowest BCUT2D eigenvalue weighted by molar-refractivity contribution is -0.125. The number of nitrogens with one attached hydrogen (secondary N) is 1. The molecule has 2 amide bonds. The van der Waals surface area contributed by atoms with Gasteiger partial charge in [0.15, 0.2) is 0 Å². The number of amides is 2. The van der Waals surface area contributed by atoms with Gasteiger partial charge in [0.1, 0.15) is 12.4 Å². The van der Waals surface area contributed by atoms with E-state index in [0.29, 0.717) is 16.8 Å². The maximum atomic E-state index is 13.8. The number of nitriles is 1. The van der Waals surface area contributed by atoms with Gasteiger partial charge in [-0.25, -0.2) is 9.40 Å². The molecule has 0 saturated carbocycles. The van der Waals surface area contributed by atoms with E-state index in [9.17, 15) is 14.0 Å². The van der Waals surface area contributed by atoms with Gasteiger partial charge in [0.2, 0.25) is 5.84 Å². The molecule has 0 spiro atoms. The van der Waals surface area contributed by atoms with Crippen molar-refractivity contribution in [1.82, 2.24) is 10.3 Å². The van der Waals surface area contributed by atoms with E-state index >= 15 is 0 Å². The van der Waals surface area contributed by atoms with Crippen molar-refractivity contribution in [2.24, 2.45) is 4.99 Å². The number of hydrogen-bond donors (Lipinski definition) is 1. The smallest absolute Gasteiger partial charge is 0.291 e. The van der Waals surface area contributed by atoms with E-state index in [1.54, 1.807) is 48.5 Å². The van der Waals surface area contributed by atoms with Crippen molar-refractivity contribution in [3.63, 3.8) is 0 Å². The van der Waals surface area contributed by atoms with Gasteiger partial charge in [0.05, 0.1) is 17.3 Å². The van der Waals surface area contributed by atoms with Crippen LogP contribution in [0.3, 0.4) is 0 Å². The van der Waals surface area contributed by atoms with Crippen molar-refractivity contribution in [2.45, 2.75) is 20.0 Å². The average Bonchev–Trinajstić information content (AvgIpc) is 2.85. The number of hydrazine groups is 1. The highest BCUT2D eigenvalue weighted by Crippen LogP contribution is 2.17. The standard InChI is InChI=1S/C26H22FN5O2/c1-18-5-11-23(12-6-18)32-24(33)15-29-25(30-32)26(34)31(17-21-3-2-4-22(27)13-21)16-20-9-7-19(14-28)8-10-20/h2-13H,15-17H2,1H3,(H,29,30). The van der Waals surface area contributed by atoms with Crippen molar-refractivity contribution >= 4 is 23.3 Å². The molecule has 1 N–H and O–H groups in total. The number of anilines is 1. The molecule has 3 aromatic rings. The van der Waals surface area contributed by atoms with Crippen LogP contribution >= 0.6 is 0 Å². The highest BCUT2D eigenvalue weighted by Gasteiger charge is 2.29. The molecule has 1 aliphatic rings. The Balaban J connectivity index is 1.60. The topological polar surface area (TPSA) is 88.8 Å². The zero-order valence-corrected chi connectivity index (χ0v) is 18.5. The number of carbonyl (C=O) groups is 2. The summed E-state index contributed by atoms with van der Waals surface area (Å²) in [5.41, 5.74) is 6.41. The van der Waals surface area contributed by atoms with E-state index in [-0.39, 0.29) is 31.4 Å². The van der Waals surface area contributed by atoms with Gasteiger partial charge in [0, 0.05) is 13.1 Å².